The van der Waals surface area contributed by atoms with Crippen molar-refractivity contribution in [3.63, 3.8) is 0 Å². The quantitative estimate of drug-likeness (QED) is 0.316. The minimum atomic E-state index is -0.0633. The summed E-state index contributed by atoms with van der Waals surface area (Å²) < 4.78 is 2.01. The molecule has 0 aliphatic carbocycles. The second-order valence-electron chi connectivity index (χ2n) is 7.09. The molecule has 2 heterocycles. The van der Waals surface area contributed by atoms with E-state index in [4.69, 9.17) is 0 Å². The predicted octanol–water partition coefficient (Wildman–Crippen LogP) is 6.07. The molecular weight excluding hydrogens is 424 g/mol. The van der Waals surface area contributed by atoms with E-state index in [9.17, 15) is 4.79 Å². The minimum absolute atomic E-state index is 0.0633. The van der Waals surface area contributed by atoms with Crippen LogP contribution in [-0.4, -0.2) is 26.4 Å². The zero-order valence-electron chi connectivity index (χ0n) is 17.3. The molecule has 0 saturated heterocycles. The van der Waals surface area contributed by atoms with Crippen molar-refractivity contribution >= 4 is 34.7 Å². The van der Waals surface area contributed by atoms with Crippen LogP contribution in [0.5, 0.6) is 0 Å². The van der Waals surface area contributed by atoms with Gasteiger partial charge in [-0.2, -0.15) is 0 Å². The largest absolute Gasteiger partial charge is 0.325 e. The van der Waals surface area contributed by atoms with Crippen LogP contribution in [-0.2, 0) is 11.2 Å². The number of nitrogens with one attached hydrogen (secondary N) is 1. The van der Waals surface area contributed by atoms with Gasteiger partial charge in [0.2, 0.25) is 5.91 Å². The monoisotopic (exact) mass is 448 g/mol. The molecule has 0 radical (unpaired) electrons. The number of carbonyl (C=O) groups excluding carboxylic acids is 1. The first-order valence-corrected chi connectivity index (χ1v) is 12.2. The number of aryl methyl sites for hydroxylation is 1. The van der Waals surface area contributed by atoms with Gasteiger partial charge in [0, 0.05) is 11.4 Å². The molecule has 5 nitrogen and oxygen atoms in total. The zero-order valence-corrected chi connectivity index (χ0v) is 19.0. The molecule has 1 amide bonds. The van der Waals surface area contributed by atoms with E-state index in [1.54, 1.807) is 11.3 Å². The normalized spacial score (nSPS) is 10.9. The number of carbonyl (C=O) groups is 1. The van der Waals surface area contributed by atoms with Gasteiger partial charge in [0.1, 0.15) is 0 Å². The molecule has 2 aromatic carbocycles. The lowest BCUT2D eigenvalue weighted by Gasteiger charge is -2.10. The maximum absolute atomic E-state index is 12.5. The summed E-state index contributed by atoms with van der Waals surface area (Å²) in [7, 11) is 0. The summed E-state index contributed by atoms with van der Waals surface area (Å²) in [6.45, 7) is 2.19. The fourth-order valence-corrected chi connectivity index (χ4v) is 4.65. The number of nitrogens with zero attached hydrogens (tertiary/aromatic N) is 3. The van der Waals surface area contributed by atoms with Crippen molar-refractivity contribution in [3.05, 3.63) is 77.7 Å². The van der Waals surface area contributed by atoms with Gasteiger partial charge < -0.3 is 5.32 Å². The fourth-order valence-electron chi connectivity index (χ4n) is 3.20. The molecule has 0 fully saturated rings. The number of thioether (sulfide) groups is 1. The molecular formula is C24H24N4OS2. The van der Waals surface area contributed by atoms with Crippen molar-refractivity contribution in [1.29, 1.82) is 0 Å². The lowest BCUT2D eigenvalue weighted by atomic mass is 10.1. The highest BCUT2D eigenvalue weighted by atomic mass is 32.2. The van der Waals surface area contributed by atoms with Crippen LogP contribution in [0.1, 0.15) is 25.3 Å². The highest BCUT2D eigenvalue weighted by Crippen LogP contribution is 2.30. The van der Waals surface area contributed by atoms with Crippen LogP contribution in [0.25, 0.3) is 16.4 Å². The van der Waals surface area contributed by atoms with Crippen molar-refractivity contribution < 1.29 is 4.79 Å². The molecule has 0 aliphatic heterocycles. The highest BCUT2D eigenvalue weighted by molar-refractivity contribution is 7.99. The summed E-state index contributed by atoms with van der Waals surface area (Å²) in [6, 6.07) is 22.1. The number of unbranched alkanes of at least 4 members (excludes halogenated alkanes) is 1. The van der Waals surface area contributed by atoms with Gasteiger partial charge in [0.25, 0.3) is 0 Å². The van der Waals surface area contributed by atoms with Gasteiger partial charge in [0.05, 0.1) is 10.6 Å². The van der Waals surface area contributed by atoms with Gasteiger partial charge in [-0.15, -0.1) is 21.5 Å². The Morgan fingerprint density at radius 1 is 1.03 bits per heavy atom. The third-order valence-electron chi connectivity index (χ3n) is 4.78. The number of para-hydroxylation sites is 1. The van der Waals surface area contributed by atoms with E-state index in [0.29, 0.717) is 5.16 Å². The summed E-state index contributed by atoms with van der Waals surface area (Å²) in [5, 5.41) is 14.5. The SMILES string of the molecule is CCCCc1ccc(NC(=O)CSc2nnc(-c3cccs3)n2-c2ccccc2)cc1. The molecule has 2 aromatic heterocycles. The van der Waals surface area contributed by atoms with Crippen molar-refractivity contribution in [2.45, 2.75) is 31.3 Å². The van der Waals surface area contributed by atoms with Crippen LogP contribution >= 0.6 is 23.1 Å². The second kappa shape index (κ2) is 10.4. The van der Waals surface area contributed by atoms with Crippen LogP contribution in [0, 0.1) is 0 Å². The molecule has 158 valence electrons. The first-order valence-electron chi connectivity index (χ1n) is 10.3. The molecule has 0 unspecified atom stereocenters. The third-order valence-corrected chi connectivity index (χ3v) is 6.57. The summed E-state index contributed by atoms with van der Waals surface area (Å²) in [4.78, 5) is 13.6. The van der Waals surface area contributed by atoms with Crippen molar-refractivity contribution in [3.8, 4) is 16.4 Å². The zero-order chi connectivity index (χ0) is 21.5. The number of benzene rings is 2. The molecule has 7 heteroatoms. The Kier molecular flexibility index (Phi) is 7.17. The van der Waals surface area contributed by atoms with E-state index in [-0.39, 0.29) is 11.7 Å². The van der Waals surface area contributed by atoms with E-state index in [1.807, 2.05) is 64.5 Å². The smallest absolute Gasteiger partial charge is 0.234 e. The van der Waals surface area contributed by atoms with Gasteiger partial charge in [-0.1, -0.05) is 61.5 Å². The van der Waals surface area contributed by atoms with Crippen molar-refractivity contribution in [1.82, 2.24) is 14.8 Å². The Bertz CT molecular complexity index is 1110. The molecule has 31 heavy (non-hydrogen) atoms. The van der Waals surface area contributed by atoms with Crippen LogP contribution in [0.15, 0.2) is 77.3 Å². The number of rotatable bonds is 9. The van der Waals surface area contributed by atoms with Crippen LogP contribution in [0.2, 0.25) is 0 Å². The Labute approximate surface area is 190 Å². The van der Waals surface area contributed by atoms with Gasteiger partial charge in [-0.05, 0) is 54.1 Å². The van der Waals surface area contributed by atoms with E-state index >= 15 is 0 Å². The Hall–Kier alpha value is -2.90. The number of aromatic nitrogens is 3. The van der Waals surface area contributed by atoms with E-state index in [1.165, 1.54) is 30.2 Å². The van der Waals surface area contributed by atoms with E-state index in [0.717, 1.165) is 28.5 Å². The number of amides is 1. The van der Waals surface area contributed by atoms with Gasteiger partial charge >= 0.3 is 0 Å². The molecule has 0 bridgehead atoms. The maximum Gasteiger partial charge on any atom is 0.234 e. The Balaban J connectivity index is 1.45. The topological polar surface area (TPSA) is 59.8 Å². The lowest BCUT2D eigenvalue weighted by Crippen LogP contribution is -2.14. The Morgan fingerprint density at radius 3 is 2.55 bits per heavy atom. The van der Waals surface area contributed by atoms with Crippen molar-refractivity contribution in [2.24, 2.45) is 0 Å². The standard InChI is InChI=1S/C24H24N4OS2/c1-2-3-8-18-12-14-19(15-13-18)25-22(29)17-31-24-27-26-23(21-11-7-16-30-21)28(24)20-9-5-4-6-10-20/h4-7,9-16H,2-3,8,17H2,1H3,(H,25,29). The molecule has 0 aliphatic rings. The number of thiophene rings is 1. The molecule has 4 aromatic rings. The minimum Gasteiger partial charge on any atom is -0.325 e. The molecule has 0 spiro atoms. The molecule has 0 atom stereocenters. The van der Waals surface area contributed by atoms with Crippen molar-refractivity contribution in [2.75, 3.05) is 11.1 Å². The summed E-state index contributed by atoms with van der Waals surface area (Å²) in [5.41, 5.74) is 3.09. The summed E-state index contributed by atoms with van der Waals surface area (Å²) in [6.07, 6.45) is 3.43. The summed E-state index contributed by atoms with van der Waals surface area (Å²) >= 11 is 3.00. The maximum atomic E-state index is 12.5. The number of hydrogen-bond donors (Lipinski definition) is 1. The van der Waals surface area contributed by atoms with Gasteiger partial charge in [-0.3, -0.25) is 9.36 Å². The average Bonchev–Trinajstić information content (AvgIpc) is 3.47. The second-order valence-corrected chi connectivity index (χ2v) is 8.98. The van der Waals surface area contributed by atoms with Crippen LogP contribution in [0.4, 0.5) is 5.69 Å². The molecule has 0 saturated carbocycles. The third kappa shape index (κ3) is 5.42. The van der Waals surface area contributed by atoms with Gasteiger partial charge in [0.15, 0.2) is 11.0 Å². The lowest BCUT2D eigenvalue weighted by molar-refractivity contribution is -0.113. The average molecular weight is 449 g/mol. The Morgan fingerprint density at radius 2 is 1.84 bits per heavy atom. The first kappa shape index (κ1) is 21.3. The first-order chi connectivity index (χ1) is 15.2. The van der Waals surface area contributed by atoms with E-state index < -0.39 is 0 Å². The van der Waals surface area contributed by atoms with Gasteiger partial charge in [-0.25, -0.2) is 0 Å². The molecule has 1 N–H and O–H groups in total. The summed E-state index contributed by atoms with van der Waals surface area (Å²) in [5.74, 6) is 0.978. The predicted molar refractivity (Wildman–Crippen MR) is 129 cm³/mol. The fraction of sp³-hybridized carbons (Fsp3) is 0.208. The molecule has 4 rings (SSSR count). The van der Waals surface area contributed by atoms with E-state index in [2.05, 4.69) is 34.6 Å². The number of anilines is 1. The van der Waals surface area contributed by atoms with Crippen LogP contribution < -0.4 is 5.32 Å². The number of hydrogen-bond acceptors (Lipinski definition) is 5. The van der Waals surface area contributed by atoms with Crippen LogP contribution in [0.3, 0.4) is 0 Å². The highest BCUT2D eigenvalue weighted by Gasteiger charge is 2.17.